The third-order valence-corrected chi connectivity index (χ3v) is 1.69. The molecular weight excluding hydrogens is 215 g/mol. The zero-order valence-corrected chi connectivity index (χ0v) is 8.95. The van der Waals surface area contributed by atoms with Gasteiger partial charge in [0.1, 0.15) is 17.1 Å². The molecule has 0 N–H and O–H groups in total. The minimum absolute atomic E-state index is 0.0263. The van der Waals surface area contributed by atoms with E-state index in [9.17, 15) is 14.0 Å². The Morgan fingerprint density at radius 1 is 1.38 bits per heavy atom. The summed E-state index contributed by atoms with van der Waals surface area (Å²) in [6, 6.07) is 3.28. The lowest BCUT2D eigenvalue weighted by atomic mass is 10.2. The van der Waals surface area contributed by atoms with Gasteiger partial charge in [0.15, 0.2) is 0 Å². The Kier molecular flexibility index (Phi) is 3.99. The van der Waals surface area contributed by atoms with Crippen molar-refractivity contribution in [2.45, 2.75) is 13.8 Å². The fourth-order valence-electron chi connectivity index (χ4n) is 1.11. The maximum atomic E-state index is 12.9. The smallest absolute Gasteiger partial charge is 0.341 e. The predicted octanol–water partition coefficient (Wildman–Crippen LogP) is 1.93. The first-order valence-electron chi connectivity index (χ1n) is 4.69. The van der Waals surface area contributed by atoms with Gasteiger partial charge in [-0.2, -0.15) is 0 Å². The quantitative estimate of drug-likeness (QED) is 0.583. The van der Waals surface area contributed by atoms with E-state index in [0.29, 0.717) is 0 Å². The zero-order valence-electron chi connectivity index (χ0n) is 8.95. The summed E-state index contributed by atoms with van der Waals surface area (Å²) in [6.45, 7) is 3.00. The molecule has 86 valence electrons. The Hall–Kier alpha value is -1.91. The molecule has 0 heterocycles. The summed E-state index contributed by atoms with van der Waals surface area (Å²) in [6.07, 6.45) is 0. The molecule has 0 saturated heterocycles. The monoisotopic (exact) mass is 226 g/mol. The number of carbonyl (C=O) groups excluding carboxylic acids is 2. The molecule has 1 rings (SSSR count). The summed E-state index contributed by atoms with van der Waals surface area (Å²) in [5.74, 6) is -2.01. The van der Waals surface area contributed by atoms with Crippen LogP contribution in [0.15, 0.2) is 18.2 Å². The van der Waals surface area contributed by atoms with Crippen LogP contribution in [0.4, 0.5) is 4.39 Å². The molecule has 0 bridgehead atoms. The van der Waals surface area contributed by atoms with E-state index < -0.39 is 17.8 Å². The van der Waals surface area contributed by atoms with Gasteiger partial charge in [0.25, 0.3) is 0 Å². The van der Waals surface area contributed by atoms with E-state index in [-0.39, 0.29) is 17.9 Å². The van der Waals surface area contributed by atoms with Crippen LogP contribution in [0.5, 0.6) is 5.75 Å². The number of esters is 2. The van der Waals surface area contributed by atoms with Crippen molar-refractivity contribution in [2.75, 3.05) is 6.61 Å². The lowest BCUT2D eigenvalue weighted by molar-refractivity contribution is -0.131. The van der Waals surface area contributed by atoms with Gasteiger partial charge in [0.2, 0.25) is 0 Å². The molecule has 1 aromatic rings. The van der Waals surface area contributed by atoms with E-state index in [1.807, 2.05) is 0 Å². The minimum Gasteiger partial charge on any atom is -0.462 e. The van der Waals surface area contributed by atoms with Crippen LogP contribution in [0.25, 0.3) is 0 Å². The van der Waals surface area contributed by atoms with Crippen LogP contribution < -0.4 is 4.74 Å². The zero-order chi connectivity index (χ0) is 12.1. The van der Waals surface area contributed by atoms with Crippen LogP contribution in [-0.2, 0) is 9.53 Å². The van der Waals surface area contributed by atoms with E-state index in [1.165, 1.54) is 13.0 Å². The summed E-state index contributed by atoms with van der Waals surface area (Å²) in [4.78, 5) is 22.2. The van der Waals surface area contributed by atoms with Crippen LogP contribution >= 0.6 is 0 Å². The first-order valence-corrected chi connectivity index (χ1v) is 4.69. The van der Waals surface area contributed by atoms with E-state index in [0.717, 1.165) is 12.1 Å². The largest absolute Gasteiger partial charge is 0.462 e. The van der Waals surface area contributed by atoms with Crippen molar-refractivity contribution in [3.05, 3.63) is 29.6 Å². The van der Waals surface area contributed by atoms with Crippen molar-refractivity contribution >= 4 is 11.9 Å². The fraction of sp³-hybridized carbons (Fsp3) is 0.273. The number of halogens is 1. The second-order valence-corrected chi connectivity index (χ2v) is 2.95. The molecule has 0 aromatic heterocycles. The van der Waals surface area contributed by atoms with Gasteiger partial charge >= 0.3 is 11.9 Å². The third-order valence-electron chi connectivity index (χ3n) is 1.69. The van der Waals surface area contributed by atoms with Crippen molar-refractivity contribution in [3.63, 3.8) is 0 Å². The number of hydrogen-bond donors (Lipinski definition) is 0. The Morgan fingerprint density at radius 3 is 2.62 bits per heavy atom. The van der Waals surface area contributed by atoms with Crippen molar-refractivity contribution in [2.24, 2.45) is 0 Å². The molecule has 0 aliphatic carbocycles. The van der Waals surface area contributed by atoms with Crippen molar-refractivity contribution in [1.82, 2.24) is 0 Å². The minimum atomic E-state index is -0.654. The normalized spacial score (nSPS) is 9.69. The van der Waals surface area contributed by atoms with Crippen LogP contribution in [-0.4, -0.2) is 18.5 Å². The van der Waals surface area contributed by atoms with Gasteiger partial charge < -0.3 is 9.47 Å². The molecule has 0 aliphatic heterocycles. The highest BCUT2D eigenvalue weighted by atomic mass is 19.1. The summed E-state index contributed by atoms with van der Waals surface area (Å²) in [5, 5.41) is 0. The fourth-order valence-corrected chi connectivity index (χ4v) is 1.11. The molecule has 0 aliphatic rings. The summed E-state index contributed by atoms with van der Waals surface area (Å²) in [5.41, 5.74) is 0.0263. The molecule has 0 spiro atoms. The van der Waals surface area contributed by atoms with Gasteiger partial charge in [-0.1, -0.05) is 0 Å². The standard InChI is InChI=1S/C11H11FO4/c1-3-15-11(14)9-5-4-8(12)6-10(9)16-7(2)13/h4-6H,3H2,1-2H3. The highest BCUT2D eigenvalue weighted by molar-refractivity contribution is 5.93. The second-order valence-electron chi connectivity index (χ2n) is 2.95. The van der Waals surface area contributed by atoms with E-state index in [2.05, 4.69) is 0 Å². The number of hydrogen-bond acceptors (Lipinski definition) is 4. The highest BCUT2D eigenvalue weighted by Gasteiger charge is 2.15. The average Bonchev–Trinajstić information content (AvgIpc) is 2.16. The van der Waals surface area contributed by atoms with Gasteiger partial charge in [0, 0.05) is 13.0 Å². The molecular formula is C11H11FO4. The van der Waals surface area contributed by atoms with Crippen LogP contribution in [0.3, 0.4) is 0 Å². The summed E-state index contributed by atoms with van der Waals surface area (Å²) in [7, 11) is 0. The van der Waals surface area contributed by atoms with Crippen molar-refractivity contribution < 1.29 is 23.5 Å². The number of rotatable bonds is 3. The maximum absolute atomic E-state index is 12.9. The van der Waals surface area contributed by atoms with E-state index >= 15 is 0 Å². The lowest BCUT2D eigenvalue weighted by Gasteiger charge is -2.07. The Labute approximate surface area is 92.0 Å². The molecule has 16 heavy (non-hydrogen) atoms. The summed E-state index contributed by atoms with van der Waals surface area (Å²) >= 11 is 0. The highest BCUT2D eigenvalue weighted by Crippen LogP contribution is 2.21. The van der Waals surface area contributed by atoms with Gasteiger partial charge in [-0.3, -0.25) is 4.79 Å². The Balaban J connectivity index is 3.06. The second kappa shape index (κ2) is 5.25. The molecule has 5 heteroatoms. The van der Waals surface area contributed by atoms with Crippen LogP contribution in [0.1, 0.15) is 24.2 Å². The SMILES string of the molecule is CCOC(=O)c1ccc(F)cc1OC(C)=O. The topological polar surface area (TPSA) is 52.6 Å². The van der Waals surface area contributed by atoms with Crippen LogP contribution in [0.2, 0.25) is 0 Å². The predicted molar refractivity (Wildman–Crippen MR) is 53.7 cm³/mol. The number of benzene rings is 1. The van der Waals surface area contributed by atoms with Crippen molar-refractivity contribution in [3.8, 4) is 5.75 Å². The third kappa shape index (κ3) is 3.05. The number of carbonyl (C=O) groups is 2. The Bertz CT molecular complexity index is 414. The lowest BCUT2D eigenvalue weighted by Crippen LogP contribution is -2.10. The first kappa shape index (κ1) is 12.2. The van der Waals surface area contributed by atoms with Gasteiger partial charge in [-0.05, 0) is 19.1 Å². The van der Waals surface area contributed by atoms with Gasteiger partial charge in [-0.15, -0.1) is 0 Å². The molecule has 0 radical (unpaired) electrons. The van der Waals surface area contributed by atoms with E-state index in [1.54, 1.807) is 6.92 Å². The Morgan fingerprint density at radius 2 is 2.06 bits per heavy atom. The molecule has 1 aromatic carbocycles. The van der Waals surface area contributed by atoms with Gasteiger partial charge in [0.05, 0.1) is 6.61 Å². The van der Waals surface area contributed by atoms with Crippen LogP contribution in [0, 0.1) is 5.82 Å². The molecule has 0 saturated carbocycles. The van der Waals surface area contributed by atoms with Gasteiger partial charge in [-0.25, -0.2) is 9.18 Å². The summed E-state index contributed by atoms with van der Waals surface area (Å²) < 4.78 is 22.4. The van der Waals surface area contributed by atoms with E-state index in [4.69, 9.17) is 9.47 Å². The molecule has 4 nitrogen and oxygen atoms in total. The molecule has 0 amide bonds. The number of ether oxygens (including phenoxy) is 2. The molecule has 0 unspecified atom stereocenters. The van der Waals surface area contributed by atoms with Crippen molar-refractivity contribution in [1.29, 1.82) is 0 Å². The average molecular weight is 226 g/mol. The molecule has 0 atom stereocenters. The first-order chi connectivity index (χ1) is 7.54. The maximum Gasteiger partial charge on any atom is 0.341 e. The molecule has 0 fully saturated rings.